The van der Waals surface area contributed by atoms with E-state index in [1.807, 2.05) is 31.4 Å². The smallest absolute Gasteiger partial charge is 0.309 e. The maximum Gasteiger partial charge on any atom is 0.309 e. The van der Waals surface area contributed by atoms with Gasteiger partial charge in [0.15, 0.2) is 5.82 Å². The van der Waals surface area contributed by atoms with Crippen LogP contribution in [0.1, 0.15) is 25.5 Å². The molecule has 3 aromatic rings. The summed E-state index contributed by atoms with van der Waals surface area (Å²) in [6, 6.07) is 3.95. The molecule has 0 aromatic carbocycles. The number of thiophene rings is 1. The molecule has 8 nitrogen and oxygen atoms in total. The van der Waals surface area contributed by atoms with Crippen LogP contribution < -0.4 is 10.2 Å². The summed E-state index contributed by atoms with van der Waals surface area (Å²) in [5, 5.41) is 13.4. The highest BCUT2D eigenvalue weighted by molar-refractivity contribution is 7.16. The average Bonchev–Trinajstić information content (AvgIpc) is 3.31. The van der Waals surface area contributed by atoms with Gasteiger partial charge in [0.25, 0.3) is 0 Å². The van der Waals surface area contributed by atoms with Crippen LogP contribution in [0.4, 0.5) is 17.6 Å². The molecule has 2 N–H and O–H groups in total. The first-order chi connectivity index (χ1) is 13.1. The van der Waals surface area contributed by atoms with Gasteiger partial charge in [-0.1, -0.05) is 0 Å². The number of hydrogen-bond acceptors (Lipinski definition) is 8. The molecule has 1 fully saturated rings. The first-order valence-electron chi connectivity index (χ1n) is 9.10. The van der Waals surface area contributed by atoms with Gasteiger partial charge in [-0.25, -0.2) is 4.98 Å². The SMILES string of the molecule is CCOC(=O)C1CCN(c2nc(Nc3cc(C)[nH]n3)c3ccsc3n2)CC1. The van der Waals surface area contributed by atoms with E-state index in [1.165, 1.54) is 0 Å². The van der Waals surface area contributed by atoms with Crippen molar-refractivity contribution in [3.63, 3.8) is 0 Å². The number of aromatic amines is 1. The van der Waals surface area contributed by atoms with Gasteiger partial charge in [-0.15, -0.1) is 11.3 Å². The molecule has 9 heteroatoms. The van der Waals surface area contributed by atoms with Crippen molar-refractivity contribution in [2.75, 3.05) is 29.9 Å². The van der Waals surface area contributed by atoms with Crippen molar-refractivity contribution in [2.24, 2.45) is 5.92 Å². The summed E-state index contributed by atoms with van der Waals surface area (Å²) in [4.78, 5) is 24.5. The Bertz CT molecular complexity index is 944. The molecule has 3 aromatic heterocycles. The zero-order valence-electron chi connectivity index (χ0n) is 15.4. The Morgan fingerprint density at radius 1 is 1.41 bits per heavy atom. The molecule has 0 unspecified atom stereocenters. The molecular weight excluding hydrogens is 364 g/mol. The van der Waals surface area contributed by atoms with Crippen LogP contribution in [-0.2, 0) is 9.53 Å². The van der Waals surface area contributed by atoms with E-state index < -0.39 is 0 Å². The van der Waals surface area contributed by atoms with Crippen molar-refractivity contribution in [1.29, 1.82) is 0 Å². The fourth-order valence-corrected chi connectivity index (χ4v) is 4.02. The normalized spacial score (nSPS) is 15.3. The van der Waals surface area contributed by atoms with Gasteiger partial charge < -0.3 is 15.0 Å². The maximum absolute atomic E-state index is 12.0. The number of nitrogens with one attached hydrogen (secondary N) is 2. The number of ether oxygens (including phenoxy) is 1. The summed E-state index contributed by atoms with van der Waals surface area (Å²) in [6.07, 6.45) is 1.51. The zero-order valence-corrected chi connectivity index (χ0v) is 16.2. The molecule has 0 spiro atoms. The second-order valence-corrected chi connectivity index (χ2v) is 7.48. The molecule has 142 valence electrons. The van der Waals surface area contributed by atoms with Gasteiger partial charge in [0.2, 0.25) is 5.95 Å². The van der Waals surface area contributed by atoms with Gasteiger partial charge in [0.05, 0.1) is 17.9 Å². The van der Waals surface area contributed by atoms with Crippen molar-refractivity contribution in [3.8, 4) is 0 Å². The summed E-state index contributed by atoms with van der Waals surface area (Å²) in [7, 11) is 0. The van der Waals surface area contributed by atoms with E-state index in [4.69, 9.17) is 14.7 Å². The first-order valence-corrected chi connectivity index (χ1v) is 9.98. The highest BCUT2D eigenvalue weighted by Crippen LogP contribution is 2.31. The van der Waals surface area contributed by atoms with Crippen LogP contribution in [0.2, 0.25) is 0 Å². The minimum atomic E-state index is -0.0944. The van der Waals surface area contributed by atoms with Gasteiger partial charge in [-0.3, -0.25) is 9.89 Å². The second-order valence-electron chi connectivity index (χ2n) is 6.59. The van der Waals surface area contributed by atoms with E-state index in [0.717, 1.165) is 53.5 Å². The third kappa shape index (κ3) is 3.73. The van der Waals surface area contributed by atoms with Crippen molar-refractivity contribution in [3.05, 3.63) is 23.2 Å². The third-order valence-corrected chi connectivity index (χ3v) is 5.47. The zero-order chi connectivity index (χ0) is 18.8. The quantitative estimate of drug-likeness (QED) is 0.650. The summed E-state index contributed by atoms with van der Waals surface area (Å²) in [6.45, 7) is 5.70. The predicted molar refractivity (Wildman–Crippen MR) is 106 cm³/mol. The Hall–Kier alpha value is -2.68. The summed E-state index contributed by atoms with van der Waals surface area (Å²) in [5.41, 5.74) is 0.981. The lowest BCUT2D eigenvalue weighted by Crippen LogP contribution is -2.38. The molecule has 1 saturated heterocycles. The highest BCUT2D eigenvalue weighted by atomic mass is 32.1. The molecule has 27 heavy (non-hydrogen) atoms. The lowest BCUT2D eigenvalue weighted by atomic mass is 9.97. The minimum absolute atomic E-state index is 0.0312. The Morgan fingerprint density at radius 3 is 2.93 bits per heavy atom. The van der Waals surface area contributed by atoms with Crippen molar-refractivity contribution in [2.45, 2.75) is 26.7 Å². The summed E-state index contributed by atoms with van der Waals surface area (Å²) < 4.78 is 5.15. The van der Waals surface area contributed by atoms with E-state index in [2.05, 4.69) is 20.4 Å². The molecule has 1 aliphatic heterocycles. The number of aryl methyl sites for hydroxylation is 1. The number of carbonyl (C=O) groups is 1. The minimum Gasteiger partial charge on any atom is -0.466 e. The van der Waals surface area contributed by atoms with Crippen molar-refractivity contribution in [1.82, 2.24) is 20.2 Å². The number of fused-ring (bicyclic) bond motifs is 1. The molecule has 0 amide bonds. The van der Waals surface area contributed by atoms with Crippen LogP contribution in [0.5, 0.6) is 0 Å². The fourth-order valence-electron chi connectivity index (χ4n) is 3.26. The maximum atomic E-state index is 12.0. The van der Waals surface area contributed by atoms with Crippen LogP contribution in [0, 0.1) is 12.8 Å². The van der Waals surface area contributed by atoms with Crippen molar-refractivity contribution < 1.29 is 9.53 Å². The van der Waals surface area contributed by atoms with Gasteiger partial charge >= 0.3 is 5.97 Å². The standard InChI is InChI=1S/C18H22N6O2S/c1-3-26-17(25)12-4-7-24(8-5-12)18-20-15(13-6-9-27-16(13)21-18)19-14-10-11(2)22-23-14/h6,9-10,12H,3-5,7-8H2,1-2H3,(H2,19,20,21,22,23). The van der Waals surface area contributed by atoms with E-state index >= 15 is 0 Å². The van der Waals surface area contributed by atoms with E-state index in [9.17, 15) is 4.79 Å². The molecule has 4 rings (SSSR count). The largest absolute Gasteiger partial charge is 0.466 e. The number of nitrogens with zero attached hydrogens (tertiary/aromatic N) is 4. The molecule has 0 atom stereocenters. The lowest BCUT2D eigenvalue weighted by Gasteiger charge is -2.31. The molecule has 1 aliphatic rings. The Morgan fingerprint density at radius 2 is 2.22 bits per heavy atom. The summed E-state index contributed by atoms with van der Waals surface area (Å²) in [5.74, 6) is 2.03. The lowest BCUT2D eigenvalue weighted by molar-refractivity contribution is -0.148. The number of carbonyl (C=O) groups excluding carboxylic acids is 1. The monoisotopic (exact) mass is 386 g/mol. The van der Waals surface area contributed by atoms with Crippen LogP contribution in [0.15, 0.2) is 17.5 Å². The van der Waals surface area contributed by atoms with Gasteiger partial charge in [0, 0.05) is 24.8 Å². The van der Waals surface area contributed by atoms with E-state index in [0.29, 0.717) is 12.6 Å². The number of hydrogen-bond donors (Lipinski definition) is 2. The topological polar surface area (TPSA) is 96.0 Å². The van der Waals surface area contributed by atoms with Gasteiger partial charge in [0.1, 0.15) is 10.6 Å². The number of H-pyrrole nitrogens is 1. The average molecular weight is 386 g/mol. The van der Waals surface area contributed by atoms with E-state index in [1.54, 1.807) is 11.3 Å². The van der Waals surface area contributed by atoms with E-state index in [-0.39, 0.29) is 11.9 Å². The molecular formula is C18H22N6O2S. The number of aromatic nitrogens is 4. The molecule has 0 bridgehead atoms. The number of rotatable bonds is 5. The number of piperidine rings is 1. The molecule has 4 heterocycles. The van der Waals surface area contributed by atoms with Gasteiger partial charge in [-0.2, -0.15) is 10.1 Å². The Labute approximate surface area is 161 Å². The second kappa shape index (κ2) is 7.51. The van der Waals surface area contributed by atoms with Crippen LogP contribution in [0.3, 0.4) is 0 Å². The number of esters is 1. The number of anilines is 3. The predicted octanol–water partition coefficient (Wildman–Crippen LogP) is 3.25. The Balaban J connectivity index is 1.55. The van der Waals surface area contributed by atoms with Gasteiger partial charge in [-0.05, 0) is 38.1 Å². The molecule has 0 saturated carbocycles. The molecule has 0 radical (unpaired) electrons. The third-order valence-electron chi connectivity index (χ3n) is 4.66. The van der Waals surface area contributed by atoms with Crippen LogP contribution in [-0.4, -0.2) is 45.8 Å². The molecule has 0 aliphatic carbocycles. The van der Waals surface area contributed by atoms with Crippen LogP contribution in [0.25, 0.3) is 10.2 Å². The summed E-state index contributed by atoms with van der Waals surface area (Å²) >= 11 is 1.59. The van der Waals surface area contributed by atoms with Crippen molar-refractivity contribution >= 4 is 45.1 Å². The first kappa shape index (κ1) is 17.7. The fraction of sp³-hybridized carbons (Fsp3) is 0.444. The highest BCUT2D eigenvalue weighted by Gasteiger charge is 2.27. The van der Waals surface area contributed by atoms with Crippen LogP contribution >= 0.6 is 11.3 Å². The Kier molecular flexibility index (Phi) is 4.93.